The molecule has 7 nitrogen and oxygen atoms in total. The van der Waals surface area contributed by atoms with E-state index < -0.39 is 10.0 Å². The third-order valence-electron chi connectivity index (χ3n) is 2.85. The van der Waals surface area contributed by atoms with Crippen LogP contribution in [0.2, 0.25) is 0 Å². The predicted molar refractivity (Wildman–Crippen MR) is 72.0 cm³/mol. The maximum atomic E-state index is 12.4. The number of hydrogen-bond donors (Lipinski definition) is 0. The van der Waals surface area contributed by atoms with Crippen LogP contribution in [0.5, 0.6) is 11.5 Å². The predicted octanol–water partition coefficient (Wildman–Crippen LogP) is 0.886. The zero-order valence-electron chi connectivity index (χ0n) is 11.2. The molecule has 110 valence electrons. The molecule has 21 heavy (non-hydrogen) atoms. The zero-order chi connectivity index (χ0) is 15.3. The van der Waals surface area contributed by atoms with Crippen molar-refractivity contribution in [2.24, 2.45) is 0 Å². The summed E-state index contributed by atoms with van der Waals surface area (Å²) in [7, 11) is -3.92. The highest BCUT2D eigenvalue weighted by Gasteiger charge is 2.26. The molecular weight excluding hydrogens is 294 g/mol. The Morgan fingerprint density at radius 2 is 1.71 bits per heavy atom. The van der Waals surface area contributed by atoms with Crippen LogP contribution in [-0.2, 0) is 10.0 Å². The minimum atomic E-state index is -3.92. The Balaban J connectivity index is 2.38. The number of ether oxygens (including phenoxy) is 2. The quantitative estimate of drug-likeness (QED) is 0.765. The molecule has 0 saturated heterocycles. The van der Waals surface area contributed by atoms with Crippen molar-refractivity contribution >= 4 is 10.0 Å². The molecule has 0 saturated carbocycles. The molecule has 8 heteroatoms. The molecule has 1 aliphatic heterocycles. The van der Waals surface area contributed by atoms with Gasteiger partial charge >= 0.3 is 0 Å². The van der Waals surface area contributed by atoms with Gasteiger partial charge in [0.05, 0.1) is 30.2 Å². The van der Waals surface area contributed by atoms with Crippen molar-refractivity contribution in [2.75, 3.05) is 26.3 Å². The molecule has 1 aliphatic rings. The molecule has 0 fully saturated rings. The summed E-state index contributed by atoms with van der Waals surface area (Å²) in [5, 5.41) is 17.4. The first kappa shape index (κ1) is 15.1. The number of benzene rings is 1. The second-order valence-corrected chi connectivity index (χ2v) is 6.19. The zero-order valence-corrected chi connectivity index (χ0v) is 12.0. The average molecular weight is 307 g/mol. The molecule has 0 N–H and O–H groups in total. The molecular formula is C13H13N3O4S. The lowest BCUT2D eigenvalue weighted by atomic mass is 10.3. The second-order valence-electron chi connectivity index (χ2n) is 4.25. The number of sulfonamides is 1. The maximum absolute atomic E-state index is 12.4. The number of nitriles is 2. The van der Waals surface area contributed by atoms with Gasteiger partial charge in [-0.3, -0.25) is 0 Å². The normalized spacial score (nSPS) is 14.0. The van der Waals surface area contributed by atoms with Gasteiger partial charge in [-0.2, -0.15) is 14.8 Å². The summed E-state index contributed by atoms with van der Waals surface area (Å²) < 4.78 is 36.5. The van der Waals surface area contributed by atoms with Crippen molar-refractivity contribution in [3.8, 4) is 23.6 Å². The van der Waals surface area contributed by atoms with Crippen LogP contribution in [0.15, 0.2) is 23.1 Å². The third-order valence-corrected chi connectivity index (χ3v) is 4.64. The van der Waals surface area contributed by atoms with Gasteiger partial charge in [-0.05, 0) is 12.1 Å². The summed E-state index contributed by atoms with van der Waals surface area (Å²) in [4.78, 5) is -0.0303. The molecule has 0 unspecified atom stereocenters. The smallest absolute Gasteiger partial charge is 0.245 e. The lowest BCUT2D eigenvalue weighted by Gasteiger charge is -2.17. The summed E-state index contributed by atoms with van der Waals surface area (Å²) in [6, 6.07) is 7.74. The fourth-order valence-corrected chi connectivity index (χ4v) is 3.09. The van der Waals surface area contributed by atoms with E-state index >= 15 is 0 Å². The van der Waals surface area contributed by atoms with E-state index in [-0.39, 0.29) is 18.0 Å². The SMILES string of the molecule is N#CCN(CC#N)S(=O)(=O)c1ccc2c(c1)OCCCO2. The highest BCUT2D eigenvalue weighted by Crippen LogP contribution is 2.32. The number of fused-ring (bicyclic) bond motifs is 1. The Hall–Kier alpha value is -2.29. The lowest BCUT2D eigenvalue weighted by Crippen LogP contribution is -2.31. The van der Waals surface area contributed by atoms with E-state index in [1.54, 1.807) is 12.1 Å². The van der Waals surface area contributed by atoms with Crippen LogP contribution in [0.4, 0.5) is 0 Å². The first-order valence-electron chi connectivity index (χ1n) is 6.23. The van der Waals surface area contributed by atoms with E-state index in [0.29, 0.717) is 31.1 Å². The molecule has 0 radical (unpaired) electrons. The molecule has 0 atom stereocenters. The van der Waals surface area contributed by atoms with Gasteiger partial charge < -0.3 is 9.47 Å². The number of nitrogens with zero attached hydrogens (tertiary/aromatic N) is 3. The Bertz CT molecular complexity index is 687. The minimum Gasteiger partial charge on any atom is -0.490 e. The van der Waals surface area contributed by atoms with Crippen molar-refractivity contribution in [2.45, 2.75) is 11.3 Å². The summed E-state index contributed by atoms with van der Waals surface area (Å²) in [6.07, 6.45) is 0.714. The molecule has 0 aliphatic carbocycles. The van der Waals surface area contributed by atoms with Gasteiger partial charge in [0, 0.05) is 12.5 Å². The number of hydrogen-bond acceptors (Lipinski definition) is 6. The lowest BCUT2D eigenvalue weighted by molar-refractivity contribution is 0.297. The van der Waals surface area contributed by atoms with Crippen LogP contribution in [0, 0.1) is 22.7 Å². The van der Waals surface area contributed by atoms with E-state index in [1.165, 1.54) is 18.2 Å². The van der Waals surface area contributed by atoms with Crippen LogP contribution < -0.4 is 9.47 Å². The van der Waals surface area contributed by atoms with Crippen LogP contribution in [0.25, 0.3) is 0 Å². The van der Waals surface area contributed by atoms with Crippen molar-refractivity contribution in [1.82, 2.24) is 4.31 Å². The summed E-state index contributed by atoms with van der Waals surface area (Å²) in [5.74, 6) is 0.834. The molecule has 0 bridgehead atoms. The Morgan fingerprint density at radius 3 is 2.33 bits per heavy atom. The summed E-state index contributed by atoms with van der Waals surface area (Å²) in [5.41, 5.74) is 0. The van der Waals surface area contributed by atoms with Gasteiger partial charge in [-0.15, -0.1) is 0 Å². The van der Waals surface area contributed by atoms with Gasteiger partial charge in [0.25, 0.3) is 0 Å². The number of rotatable bonds is 4. The highest BCUT2D eigenvalue weighted by atomic mass is 32.2. The largest absolute Gasteiger partial charge is 0.490 e. The molecule has 2 rings (SSSR count). The molecule has 0 spiro atoms. The second kappa shape index (κ2) is 6.44. The third kappa shape index (κ3) is 3.24. The Morgan fingerprint density at radius 1 is 1.10 bits per heavy atom. The van der Waals surface area contributed by atoms with E-state index in [2.05, 4.69) is 0 Å². The monoisotopic (exact) mass is 307 g/mol. The molecule has 1 aromatic rings. The van der Waals surface area contributed by atoms with Gasteiger partial charge in [0.2, 0.25) is 10.0 Å². The first-order valence-corrected chi connectivity index (χ1v) is 7.67. The van der Waals surface area contributed by atoms with Crippen molar-refractivity contribution < 1.29 is 17.9 Å². The van der Waals surface area contributed by atoms with Gasteiger partial charge in [0.1, 0.15) is 13.1 Å². The van der Waals surface area contributed by atoms with E-state index in [1.807, 2.05) is 0 Å². The van der Waals surface area contributed by atoms with Crippen LogP contribution in [0.1, 0.15) is 6.42 Å². The van der Waals surface area contributed by atoms with Crippen LogP contribution in [0.3, 0.4) is 0 Å². The van der Waals surface area contributed by atoms with Crippen LogP contribution in [-0.4, -0.2) is 39.0 Å². The molecule has 0 aromatic heterocycles. The topological polar surface area (TPSA) is 103 Å². The molecule has 0 amide bonds. The van der Waals surface area contributed by atoms with Crippen molar-refractivity contribution in [1.29, 1.82) is 10.5 Å². The van der Waals surface area contributed by atoms with E-state index in [9.17, 15) is 8.42 Å². The van der Waals surface area contributed by atoms with E-state index in [0.717, 1.165) is 4.31 Å². The Kier molecular flexibility index (Phi) is 4.63. The standard InChI is InChI=1S/C13H13N3O4S/c14-4-6-16(7-5-15)21(17,18)11-2-3-12-13(10-11)20-9-1-8-19-12/h2-3,10H,1,6-9H2. The minimum absolute atomic E-state index is 0.0303. The molecule has 1 aromatic carbocycles. The highest BCUT2D eigenvalue weighted by molar-refractivity contribution is 7.89. The van der Waals surface area contributed by atoms with Gasteiger partial charge in [-0.1, -0.05) is 0 Å². The van der Waals surface area contributed by atoms with Crippen LogP contribution >= 0.6 is 0 Å². The summed E-state index contributed by atoms with van der Waals surface area (Å²) >= 11 is 0. The first-order chi connectivity index (χ1) is 10.1. The van der Waals surface area contributed by atoms with Gasteiger partial charge in [0.15, 0.2) is 11.5 Å². The average Bonchev–Trinajstić information content (AvgIpc) is 2.71. The fraction of sp³-hybridized carbons (Fsp3) is 0.385. The molecule has 1 heterocycles. The maximum Gasteiger partial charge on any atom is 0.245 e. The van der Waals surface area contributed by atoms with Crippen molar-refractivity contribution in [3.63, 3.8) is 0 Å². The van der Waals surface area contributed by atoms with Crippen molar-refractivity contribution in [3.05, 3.63) is 18.2 Å². The Labute approximate surface area is 123 Å². The fourth-order valence-electron chi connectivity index (χ4n) is 1.84. The van der Waals surface area contributed by atoms with Gasteiger partial charge in [-0.25, -0.2) is 8.42 Å². The van der Waals surface area contributed by atoms with E-state index in [4.69, 9.17) is 20.0 Å². The summed E-state index contributed by atoms with van der Waals surface area (Å²) in [6.45, 7) is 0.180.